The average Bonchev–Trinajstić information content (AvgIpc) is 2.29. The number of hydrogen-bond donors (Lipinski definition) is 1. The number of nitrogens with zero attached hydrogens (tertiary/aromatic N) is 2. The van der Waals surface area contributed by atoms with Crippen LogP contribution in [0.4, 0.5) is 0 Å². The van der Waals surface area contributed by atoms with Gasteiger partial charge in [0.15, 0.2) is 5.16 Å². The maximum Gasteiger partial charge on any atom is 1.00 e. The summed E-state index contributed by atoms with van der Waals surface area (Å²) in [6, 6.07) is 0.0356. The Bertz CT molecular complexity index is 453. The average molecular weight is 265 g/mol. The van der Waals surface area contributed by atoms with Crippen molar-refractivity contribution in [1.82, 2.24) is 14.5 Å². The van der Waals surface area contributed by atoms with E-state index in [1.165, 1.54) is 22.7 Å². The predicted octanol–water partition coefficient (Wildman–Crippen LogP) is -1.72. The van der Waals surface area contributed by atoms with Crippen molar-refractivity contribution >= 4 is 11.8 Å². The zero-order valence-electron chi connectivity index (χ0n) is 11.2. The van der Waals surface area contributed by atoms with Gasteiger partial charge in [-0.25, -0.2) is 14.2 Å². The van der Waals surface area contributed by atoms with Crippen LogP contribution in [0.3, 0.4) is 0 Å². The van der Waals surface area contributed by atoms with Crippen molar-refractivity contribution in [2.45, 2.75) is 43.3 Å². The smallest absolute Gasteiger partial charge is 1.00 e. The minimum absolute atomic E-state index is 0. The summed E-state index contributed by atoms with van der Waals surface area (Å²) in [5.74, 6) is 0. The largest absolute Gasteiger partial charge is 1.00 e. The molecule has 7 heteroatoms. The molecule has 1 aromatic rings. The second kappa shape index (κ2) is 6.78. The van der Waals surface area contributed by atoms with Crippen molar-refractivity contribution in [3.05, 3.63) is 21.0 Å². The van der Waals surface area contributed by atoms with Gasteiger partial charge >= 0.3 is 40.9 Å². The molecule has 0 aromatic carbocycles. The number of aromatic nitrogens is 3. The Morgan fingerprint density at radius 1 is 1.35 bits per heavy atom. The molecule has 0 saturated heterocycles. The van der Waals surface area contributed by atoms with Gasteiger partial charge in [0.05, 0.1) is 0 Å². The zero-order chi connectivity index (χ0) is 11.5. The molecule has 1 heterocycles. The van der Waals surface area contributed by atoms with E-state index < -0.39 is 5.69 Å². The van der Waals surface area contributed by atoms with Crippen LogP contribution in [0.1, 0.15) is 39.6 Å². The van der Waals surface area contributed by atoms with Crippen LogP contribution >= 0.6 is 11.8 Å². The van der Waals surface area contributed by atoms with Crippen LogP contribution < -0.4 is 40.9 Å². The van der Waals surface area contributed by atoms with Gasteiger partial charge in [0.1, 0.15) is 0 Å². The van der Waals surface area contributed by atoms with E-state index in [4.69, 9.17) is 0 Å². The van der Waals surface area contributed by atoms with Crippen molar-refractivity contribution in [1.29, 1.82) is 0 Å². The summed E-state index contributed by atoms with van der Waals surface area (Å²) in [4.78, 5) is 30.0. The molecule has 1 aliphatic carbocycles. The molecular weight excluding hydrogens is 249 g/mol. The fourth-order valence-corrected chi connectivity index (χ4v) is 2.52. The van der Waals surface area contributed by atoms with E-state index in [1.807, 2.05) is 0 Å². The number of hydrogen-bond acceptors (Lipinski definition) is 4. The second-order valence-corrected chi connectivity index (χ2v) is 4.79. The Morgan fingerprint density at radius 3 is 2.53 bits per heavy atom. The van der Waals surface area contributed by atoms with E-state index in [0.717, 1.165) is 25.7 Å². The van der Waals surface area contributed by atoms with Gasteiger partial charge in [-0.1, -0.05) is 31.0 Å². The van der Waals surface area contributed by atoms with Crippen LogP contribution in [0.2, 0.25) is 0 Å². The second-order valence-electron chi connectivity index (χ2n) is 4.00. The minimum Gasteiger partial charge on any atom is -1.00 e. The molecule has 90 valence electrons. The molecule has 5 nitrogen and oxygen atoms in total. The Morgan fingerprint density at radius 2 is 2.00 bits per heavy atom. The first kappa shape index (κ1) is 15.0. The summed E-state index contributed by atoms with van der Waals surface area (Å²) in [5.41, 5.74) is -0.740. The summed E-state index contributed by atoms with van der Waals surface area (Å²) in [5, 5.41) is 0.391. The third-order valence-corrected chi connectivity index (χ3v) is 3.55. The number of thioether (sulfide) groups is 1. The van der Waals surface area contributed by atoms with E-state index in [-0.39, 0.29) is 42.7 Å². The summed E-state index contributed by atoms with van der Waals surface area (Å²) in [6.45, 7) is 0. The molecule has 2 rings (SSSR count). The van der Waals surface area contributed by atoms with Gasteiger partial charge in [-0.3, -0.25) is 4.98 Å². The van der Waals surface area contributed by atoms with Gasteiger partial charge in [0.2, 0.25) is 0 Å². The van der Waals surface area contributed by atoms with Crippen molar-refractivity contribution < 1.29 is 31.0 Å². The number of aromatic amines is 1. The maximum atomic E-state index is 11.8. The molecule has 0 unspecified atom stereocenters. The minimum atomic E-state index is -0.417. The molecule has 1 N–H and O–H groups in total. The fourth-order valence-electron chi connectivity index (χ4n) is 2.17. The van der Waals surface area contributed by atoms with E-state index in [0.29, 0.717) is 5.16 Å². The standard InChI is InChI=1S/C10H15N3O2S.Na.H/c1-16-8-11-9(14)13(10(15)12-8)7-5-3-2-4-6-7;;/h7H,2-6H2,1H3,(H,11,12,14,15);;/q;+1;-1. The number of nitrogens with one attached hydrogen (secondary N) is 1. The number of H-pyrrole nitrogens is 1. The van der Waals surface area contributed by atoms with Crippen molar-refractivity contribution in [2.75, 3.05) is 6.26 Å². The summed E-state index contributed by atoms with van der Waals surface area (Å²) >= 11 is 1.27. The van der Waals surface area contributed by atoms with Crippen LogP contribution in [0.15, 0.2) is 14.7 Å². The van der Waals surface area contributed by atoms with E-state index in [2.05, 4.69) is 9.97 Å². The van der Waals surface area contributed by atoms with Crippen molar-refractivity contribution in [3.63, 3.8) is 0 Å². The van der Waals surface area contributed by atoms with Crippen LogP contribution in [0.5, 0.6) is 0 Å². The van der Waals surface area contributed by atoms with Crippen molar-refractivity contribution in [2.24, 2.45) is 0 Å². The van der Waals surface area contributed by atoms with E-state index in [9.17, 15) is 9.59 Å². The van der Waals surface area contributed by atoms with Crippen molar-refractivity contribution in [3.8, 4) is 0 Å². The van der Waals surface area contributed by atoms with Crippen LogP contribution in [0.25, 0.3) is 0 Å². The van der Waals surface area contributed by atoms with Crippen LogP contribution in [-0.2, 0) is 0 Å². The van der Waals surface area contributed by atoms with Gasteiger partial charge in [0.25, 0.3) is 0 Å². The zero-order valence-corrected chi connectivity index (χ0v) is 13.0. The summed E-state index contributed by atoms with van der Waals surface area (Å²) < 4.78 is 1.28. The van der Waals surface area contributed by atoms with Gasteiger partial charge in [-0.2, -0.15) is 4.98 Å². The topological polar surface area (TPSA) is 67.8 Å². The van der Waals surface area contributed by atoms with Gasteiger partial charge in [0, 0.05) is 6.04 Å². The Balaban J connectivity index is 0.00000144. The summed E-state index contributed by atoms with van der Waals surface area (Å²) in [6.07, 6.45) is 6.95. The van der Waals surface area contributed by atoms with E-state index >= 15 is 0 Å². The maximum absolute atomic E-state index is 11.8. The third-order valence-electron chi connectivity index (χ3n) is 2.97. The molecule has 0 atom stereocenters. The summed E-state index contributed by atoms with van der Waals surface area (Å²) in [7, 11) is 0. The van der Waals surface area contributed by atoms with E-state index in [1.54, 1.807) is 6.26 Å². The molecule has 1 saturated carbocycles. The molecule has 1 aromatic heterocycles. The normalized spacial score (nSPS) is 16.5. The van der Waals surface area contributed by atoms with Crippen LogP contribution in [-0.4, -0.2) is 20.8 Å². The molecule has 1 aliphatic rings. The molecule has 0 spiro atoms. The first-order chi connectivity index (χ1) is 7.72. The van der Waals surface area contributed by atoms with Crippen LogP contribution in [0, 0.1) is 0 Å². The Kier molecular flexibility index (Phi) is 5.99. The molecule has 0 radical (unpaired) electrons. The Hall–Kier alpha value is -0.0400. The first-order valence-corrected chi connectivity index (χ1v) is 6.71. The fraction of sp³-hybridized carbons (Fsp3) is 0.700. The van der Waals surface area contributed by atoms with Gasteiger partial charge in [-0.05, 0) is 19.1 Å². The third kappa shape index (κ3) is 3.47. The SMILES string of the molecule is CSc1nc(=O)n(C2CCCCC2)c(=O)[nH]1.[H-].[Na+]. The molecule has 0 amide bonds. The molecule has 0 aliphatic heterocycles. The Labute approximate surface area is 127 Å². The predicted molar refractivity (Wildman–Crippen MR) is 64.1 cm³/mol. The molecule has 17 heavy (non-hydrogen) atoms. The number of rotatable bonds is 2. The quantitative estimate of drug-likeness (QED) is 0.510. The monoisotopic (exact) mass is 265 g/mol. The molecule has 0 bridgehead atoms. The van der Waals surface area contributed by atoms with Gasteiger partial charge in [-0.15, -0.1) is 0 Å². The van der Waals surface area contributed by atoms with Gasteiger partial charge < -0.3 is 1.43 Å². The first-order valence-electron chi connectivity index (χ1n) is 5.49. The molecular formula is C10H16N3NaO2S. The molecule has 1 fully saturated rings.